The van der Waals surface area contributed by atoms with Gasteiger partial charge in [-0.3, -0.25) is 9.59 Å². The van der Waals surface area contributed by atoms with Crippen molar-refractivity contribution in [3.8, 4) is 0 Å². The van der Waals surface area contributed by atoms with Crippen LogP contribution < -0.4 is 10.6 Å². The lowest BCUT2D eigenvalue weighted by molar-refractivity contribution is -0.122. The molecule has 0 unspecified atom stereocenters. The Morgan fingerprint density at radius 2 is 2.00 bits per heavy atom. The summed E-state index contributed by atoms with van der Waals surface area (Å²) < 4.78 is 0.810. The summed E-state index contributed by atoms with van der Waals surface area (Å²) in [5.74, 6) is -0.565. The molecule has 0 radical (unpaired) electrons. The number of carbonyl (C=O) groups excluding carboxylic acids is 2. The zero-order chi connectivity index (χ0) is 15.3. The van der Waals surface area contributed by atoms with Crippen LogP contribution in [0.5, 0.6) is 0 Å². The van der Waals surface area contributed by atoms with Crippen LogP contribution in [0.15, 0.2) is 28.7 Å². The molecule has 0 atom stereocenters. The number of nitrogens with one attached hydrogen (secondary N) is 2. The van der Waals surface area contributed by atoms with E-state index in [9.17, 15) is 14.7 Å². The molecule has 1 aliphatic rings. The second kappa shape index (κ2) is 7.04. The van der Waals surface area contributed by atoms with Gasteiger partial charge in [0.2, 0.25) is 5.91 Å². The van der Waals surface area contributed by atoms with Crippen molar-refractivity contribution in [3.63, 3.8) is 0 Å². The Labute approximate surface area is 132 Å². The molecule has 0 saturated heterocycles. The highest BCUT2D eigenvalue weighted by Gasteiger charge is 2.34. The van der Waals surface area contributed by atoms with Gasteiger partial charge >= 0.3 is 0 Å². The van der Waals surface area contributed by atoms with Gasteiger partial charge in [-0.05, 0) is 31.0 Å². The topological polar surface area (TPSA) is 78.4 Å². The number of amides is 2. The molecular formula is C15H19BrN2O3. The van der Waals surface area contributed by atoms with Gasteiger partial charge in [-0.15, -0.1) is 0 Å². The number of rotatable bonds is 5. The first kappa shape index (κ1) is 16.0. The maximum Gasteiger partial charge on any atom is 0.251 e. The summed E-state index contributed by atoms with van der Waals surface area (Å²) in [6, 6.07) is 6.97. The van der Waals surface area contributed by atoms with Crippen LogP contribution in [0.1, 0.15) is 36.0 Å². The first-order valence-corrected chi connectivity index (χ1v) is 7.80. The van der Waals surface area contributed by atoms with Crippen molar-refractivity contribution < 1.29 is 14.7 Å². The minimum Gasteiger partial charge on any atom is -0.394 e. The van der Waals surface area contributed by atoms with Gasteiger partial charge in [0.15, 0.2) is 0 Å². The Kier molecular flexibility index (Phi) is 5.36. The van der Waals surface area contributed by atoms with Crippen LogP contribution in [-0.4, -0.2) is 35.6 Å². The van der Waals surface area contributed by atoms with Gasteiger partial charge in [-0.1, -0.05) is 34.8 Å². The Morgan fingerprint density at radius 1 is 1.29 bits per heavy atom. The minimum atomic E-state index is -0.502. The van der Waals surface area contributed by atoms with Gasteiger partial charge in [0.25, 0.3) is 5.91 Å². The fourth-order valence-corrected chi connectivity index (χ4v) is 3.01. The first-order chi connectivity index (χ1) is 10.0. The lowest BCUT2D eigenvalue weighted by Gasteiger charge is -2.28. The van der Waals surface area contributed by atoms with E-state index in [0.717, 1.165) is 30.2 Å². The molecule has 0 aliphatic heterocycles. The second-order valence-corrected chi connectivity index (χ2v) is 6.30. The van der Waals surface area contributed by atoms with E-state index >= 15 is 0 Å². The summed E-state index contributed by atoms with van der Waals surface area (Å²) in [6.07, 6.45) is 3.58. The van der Waals surface area contributed by atoms with Crippen molar-refractivity contribution in [2.45, 2.75) is 31.2 Å². The summed E-state index contributed by atoms with van der Waals surface area (Å²) in [4.78, 5) is 23.8. The molecule has 1 fully saturated rings. The first-order valence-electron chi connectivity index (χ1n) is 7.00. The number of hydrogen-bond acceptors (Lipinski definition) is 3. The summed E-state index contributed by atoms with van der Waals surface area (Å²) >= 11 is 3.30. The van der Waals surface area contributed by atoms with Gasteiger partial charge in [0.05, 0.1) is 18.7 Å². The molecule has 0 bridgehead atoms. The highest BCUT2D eigenvalue weighted by atomic mass is 79.9. The maximum atomic E-state index is 11.9. The summed E-state index contributed by atoms with van der Waals surface area (Å²) in [6.45, 7) is -0.147. The van der Waals surface area contributed by atoms with Crippen LogP contribution in [-0.2, 0) is 4.79 Å². The molecule has 0 heterocycles. The van der Waals surface area contributed by atoms with E-state index in [4.69, 9.17) is 0 Å². The summed E-state index contributed by atoms with van der Waals surface area (Å²) in [7, 11) is 0. The van der Waals surface area contributed by atoms with E-state index in [2.05, 4.69) is 26.6 Å². The fourth-order valence-electron chi connectivity index (χ4n) is 2.61. The average Bonchev–Trinajstić information content (AvgIpc) is 2.94. The third kappa shape index (κ3) is 4.28. The monoisotopic (exact) mass is 354 g/mol. The van der Waals surface area contributed by atoms with Crippen LogP contribution >= 0.6 is 15.9 Å². The van der Waals surface area contributed by atoms with Crippen molar-refractivity contribution in [2.24, 2.45) is 0 Å². The third-order valence-electron chi connectivity index (χ3n) is 3.76. The largest absolute Gasteiger partial charge is 0.394 e. The van der Waals surface area contributed by atoms with Crippen molar-refractivity contribution in [3.05, 3.63) is 34.3 Å². The quantitative estimate of drug-likeness (QED) is 0.751. The Balaban J connectivity index is 1.85. The number of halogens is 1. The van der Waals surface area contributed by atoms with E-state index in [0.29, 0.717) is 5.56 Å². The van der Waals surface area contributed by atoms with Crippen LogP contribution in [0.2, 0.25) is 0 Å². The molecule has 0 aromatic heterocycles. The number of hydrogen-bond donors (Lipinski definition) is 3. The molecule has 1 aromatic carbocycles. The lowest BCUT2D eigenvalue weighted by Crippen LogP contribution is -2.52. The predicted molar refractivity (Wildman–Crippen MR) is 82.9 cm³/mol. The van der Waals surface area contributed by atoms with E-state index in [1.807, 2.05) is 6.07 Å². The van der Waals surface area contributed by atoms with E-state index < -0.39 is 5.54 Å². The molecular weight excluding hydrogens is 336 g/mol. The van der Waals surface area contributed by atoms with Crippen LogP contribution in [0.4, 0.5) is 0 Å². The highest BCUT2D eigenvalue weighted by Crippen LogP contribution is 2.28. The van der Waals surface area contributed by atoms with E-state index in [1.54, 1.807) is 18.2 Å². The molecule has 2 amide bonds. The molecule has 0 spiro atoms. The fraction of sp³-hybridized carbons (Fsp3) is 0.467. The van der Waals surface area contributed by atoms with Crippen LogP contribution in [0, 0.1) is 0 Å². The maximum absolute atomic E-state index is 11.9. The Bertz CT molecular complexity index is 527. The smallest absolute Gasteiger partial charge is 0.251 e. The Hall–Kier alpha value is -1.40. The molecule has 21 heavy (non-hydrogen) atoms. The number of aliphatic hydroxyl groups excluding tert-OH is 1. The van der Waals surface area contributed by atoms with E-state index in [1.165, 1.54) is 0 Å². The second-order valence-electron chi connectivity index (χ2n) is 5.39. The summed E-state index contributed by atoms with van der Waals surface area (Å²) in [5, 5.41) is 14.9. The van der Waals surface area contributed by atoms with Gasteiger partial charge in [-0.25, -0.2) is 0 Å². The summed E-state index contributed by atoms with van der Waals surface area (Å²) in [5.41, 5.74) is -0.00711. The molecule has 5 nitrogen and oxygen atoms in total. The normalized spacial score (nSPS) is 16.5. The minimum absolute atomic E-state index is 0.0572. The third-order valence-corrected chi connectivity index (χ3v) is 4.26. The molecule has 6 heteroatoms. The van der Waals surface area contributed by atoms with Crippen LogP contribution in [0.3, 0.4) is 0 Å². The van der Waals surface area contributed by atoms with Gasteiger partial charge in [0.1, 0.15) is 0 Å². The zero-order valence-electron chi connectivity index (χ0n) is 11.7. The number of aliphatic hydroxyl groups is 1. The molecule has 3 N–H and O–H groups in total. The molecule has 1 aliphatic carbocycles. The lowest BCUT2D eigenvalue weighted by atomic mass is 9.99. The van der Waals surface area contributed by atoms with Gasteiger partial charge in [0, 0.05) is 10.0 Å². The molecule has 1 saturated carbocycles. The highest BCUT2D eigenvalue weighted by molar-refractivity contribution is 9.10. The molecule has 2 rings (SSSR count). The van der Waals surface area contributed by atoms with Gasteiger partial charge < -0.3 is 15.7 Å². The molecule has 1 aromatic rings. The van der Waals surface area contributed by atoms with Crippen molar-refractivity contribution in [1.82, 2.24) is 10.6 Å². The van der Waals surface area contributed by atoms with Gasteiger partial charge in [-0.2, -0.15) is 0 Å². The number of carbonyl (C=O) groups is 2. The van der Waals surface area contributed by atoms with Crippen molar-refractivity contribution in [2.75, 3.05) is 13.2 Å². The van der Waals surface area contributed by atoms with Crippen LogP contribution in [0.25, 0.3) is 0 Å². The van der Waals surface area contributed by atoms with Crippen molar-refractivity contribution in [1.29, 1.82) is 0 Å². The average molecular weight is 355 g/mol. The van der Waals surface area contributed by atoms with Crippen molar-refractivity contribution >= 4 is 27.7 Å². The standard InChI is InChI=1S/C15H19BrN2O3/c16-12-5-3-4-11(8-12)14(21)17-9-13(20)18-15(10-19)6-1-2-7-15/h3-5,8,19H,1-2,6-7,9-10H2,(H,17,21)(H,18,20). The predicted octanol–water partition coefficient (Wildman–Crippen LogP) is 1.60. The zero-order valence-corrected chi connectivity index (χ0v) is 13.3. The Morgan fingerprint density at radius 3 is 2.62 bits per heavy atom. The molecule has 114 valence electrons. The number of benzene rings is 1. The van der Waals surface area contributed by atoms with E-state index in [-0.39, 0.29) is 25.0 Å². The SMILES string of the molecule is O=C(CNC(=O)c1cccc(Br)c1)NC1(CO)CCCC1.